The molecule has 0 saturated carbocycles. The minimum Gasteiger partial charge on any atom is -0.347 e. The molecule has 1 radical (unpaired) electrons. The molecule has 1 unspecified atom stereocenters. The molecule has 0 aliphatic heterocycles. The largest absolute Gasteiger partial charge is 0.435 e. The zero-order chi connectivity index (χ0) is 32.5. The highest BCUT2D eigenvalue weighted by Gasteiger charge is 2.43. The molecule has 0 bridgehead atoms. The summed E-state index contributed by atoms with van der Waals surface area (Å²) in [5.41, 5.74) is -0.542. The molecule has 0 spiro atoms. The second-order valence-corrected chi connectivity index (χ2v) is 12.9. The van der Waals surface area contributed by atoms with Gasteiger partial charge in [0.25, 0.3) is 5.91 Å². The van der Waals surface area contributed by atoms with Crippen LogP contribution in [0.2, 0.25) is 0 Å². The van der Waals surface area contributed by atoms with Gasteiger partial charge in [-0.2, -0.15) is 18.3 Å². The zero-order valence-electron chi connectivity index (χ0n) is 24.8. The van der Waals surface area contributed by atoms with E-state index in [1.54, 1.807) is 13.8 Å². The first kappa shape index (κ1) is 35.2. The van der Waals surface area contributed by atoms with Gasteiger partial charge in [-0.1, -0.05) is 57.9 Å². The normalized spacial score (nSPS) is 13.7. The van der Waals surface area contributed by atoms with Gasteiger partial charge >= 0.3 is 6.18 Å². The number of hydrogen-bond acceptors (Lipinski definition) is 5. The number of amides is 1. The fourth-order valence-electron chi connectivity index (χ4n) is 5.22. The lowest BCUT2D eigenvalue weighted by atomic mass is 10.0. The van der Waals surface area contributed by atoms with Gasteiger partial charge in [0.15, 0.2) is 15.5 Å². The molecule has 3 aromatic rings. The van der Waals surface area contributed by atoms with E-state index < -0.39 is 61.4 Å². The molecule has 0 aliphatic carbocycles. The van der Waals surface area contributed by atoms with Crippen molar-refractivity contribution in [3.63, 3.8) is 0 Å². The van der Waals surface area contributed by atoms with Crippen LogP contribution < -0.4 is 10.6 Å². The van der Waals surface area contributed by atoms with Crippen molar-refractivity contribution in [1.29, 1.82) is 0 Å². The first-order chi connectivity index (χ1) is 20.8. The third-order valence-electron chi connectivity index (χ3n) is 7.28. The first-order valence-electron chi connectivity index (χ1n) is 14.5. The van der Waals surface area contributed by atoms with Crippen LogP contribution in [-0.2, 0) is 29.0 Å². The summed E-state index contributed by atoms with van der Waals surface area (Å²) >= 11 is 0. The molecule has 3 rings (SSSR count). The summed E-state index contributed by atoms with van der Waals surface area (Å²) in [7, 11) is -4.28. The first-order valence-corrected chi connectivity index (χ1v) is 16.1. The van der Waals surface area contributed by atoms with Crippen LogP contribution in [0.15, 0.2) is 48.7 Å². The van der Waals surface area contributed by atoms with Crippen LogP contribution >= 0.6 is 0 Å². The predicted molar refractivity (Wildman–Crippen MR) is 158 cm³/mol. The summed E-state index contributed by atoms with van der Waals surface area (Å²) in [5, 5.41) is 8.09. The molecule has 0 aliphatic rings. The van der Waals surface area contributed by atoms with E-state index >= 15 is 0 Å². The molecule has 7 nitrogen and oxygen atoms in total. The maximum atomic E-state index is 14.5. The topological polar surface area (TPSA) is 104 Å². The number of halogens is 5. The number of benzene rings is 2. The number of aromatic amines is 1. The van der Waals surface area contributed by atoms with Crippen LogP contribution in [0.25, 0.3) is 0 Å². The van der Waals surface area contributed by atoms with E-state index in [0.717, 1.165) is 35.9 Å². The SMILES string of the molecule is CCCC(CCC)S(=O)(=O)C(c1cc(F)cc(F)c1)[C@H]([CH]CNCc1cccc(CC)c1)NC(=O)c1c[nH]nc1C(F)(F)F. The van der Waals surface area contributed by atoms with E-state index in [-0.39, 0.29) is 24.9 Å². The fraction of sp³-hybridized carbons (Fsp3) is 0.452. The average molecular weight is 642 g/mol. The number of nitrogens with zero attached hydrogens (tertiary/aromatic N) is 1. The lowest BCUT2D eigenvalue weighted by Gasteiger charge is -2.32. The Morgan fingerprint density at radius 1 is 1.00 bits per heavy atom. The Morgan fingerprint density at radius 3 is 2.23 bits per heavy atom. The van der Waals surface area contributed by atoms with E-state index in [9.17, 15) is 35.2 Å². The summed E-state index contributed by atoms with van der Waals surface area (Å²) in [5.74, 6) is -3.31. The molecular formula is C31H38F5N4O3S. The third kappa shape index (κ3) is 9.10. The van der Waals surface area contributed by atoms with Gasteiger partial charge in [0.05, 0.1) is 16.9 Å². The van der Waals surface area contributed by atoms with Crippen molar-refractivity contribution in [2.75, 3.05) is 6.54 Å². The zero-order valence-corrected chi connectivity index (χ0v) is 25.7. The van der Waals surface area contributed by atoms with Crippen molar-refractivity contribution < 1.29 is 35.2 Å². The van der Waals surface area contributed by atoms with E-state index in [0.29, 0.717) is 25.5 Å². The maximum Gasteiger partial charge on any atom is 0.435 e. The Hall–Kier alpha value is -3.32. The smallest absolute Gasteiger partial charge is 0.347 e. The number of aryl methyl sites for hydroxylation is 1. The Kier molecular flexibility index (Phi) is 12.5. The van der Waals surface area contributed by atoms with Crippen molar-refractivity contribution in [3.8, 4) is 0 Å². The van der Waals surface area contributed by atoms with Gasteiger partial charge < -0.3 is 10.6 Å². The molecule has 1 heterocycles. The minimum absolute atomic E-state index is 0.00878. The van der Waals surface area contributed by atoms with Crippen LogP contribution in [0, 0.1) is 18.1 Å². The molecular weight excluding hydrogens is 603 g/mol. The number of carbonyl (C=O) groups excluding carboxylic acids is 1. The van der Waals surface area contributed by atoms with Gasteiger partial charge in [-0.15, -0.1) is 0 Å². The second kappa shape index (κ2) is 15.6. The average Bonchev–Trinajstić information content (AvgIpc) is 3.46. The highest BCUT2D eigenvalue weighted by Crippen LogP contribution is 2.36. The maximum absolute atomic E-state index is 14.5. The Balaban J connectivity index is 2.05. The van der Waals surface area contributed by atoms with Gasteiger partial charge in [-0.05, 0) is 54.5 Å². The molecule has 1 amide bonds. The minimum atomic E-state index is -4.97. The van der Waals surface area contributed by atoms with Gasteiger partial charge in [0.2, 0.25) is 0 Å². The summed E-state index contributed by atoms with van der Waals surface area (Å²) in [6.07, 6.45) is -0.499. The summed E-state index contributed by atoms with van der Waals surface area (Å²) in [6.45, 7) is 5.99. The summed E-state index contributed by atoms with van der Waals surface area (Å²) < 4.78 is 98.2. The van der Waals surface area contributed by atoms with E-state index in [1.807, 2.05) is 36.3 Å². The fourth-order valence-corrected chi connectivity index (χ4v) is 7.86. The number of hydrogen-bond donors (Lipinski definition) is 3. The van der Waals surface area contributed by atoms with Crippen LogP contribution in [0.3, 0.4) is 0 Å². The monoisotopic (exact) mass is 641 g/mol. The van der Waals surface area contributed by atoms with Crippen LogP contribution in [0.4, 0.5) is 22.0 Å². The molecule has 1 aromatic heterocycles. The lowest BCUT2D eigenvalue weighted by Crippen LogP contribution is -2.46. The van der Waals surface area contributed by atoms with Gasteiger partial charge in [0, 0.05) is 25.4 Å². The Bertz CT molecular complexity index is 1470. The van der Waals surface area contributed by atoms with Crippen molar-refractivity contribution >= 4 is 15.7 Å². The standard InChI is InChI=1S/C31H38F5N4O3S/c1-4-8-25(9-5-2)44(42,43)28(22-15-23(32)17-24(33)16-22)27(12-13-37-18-21-11-7-10-20(6-3)14-21)39-30(41)26-19-38-40-29(26)31(34,35)36/h7,10-12,14-17,19,25,27-28,37H,4-6,8-9,13,18H2,1-3H3,(H,38,40)(H,39,41)/t27-,28?/m0/s1. The Labute approximate surface area is 254 Å². The van der Waals surface area contributed by atoms with Crippen molar-refractivity contribution in [1.82, 2.24) is 20.8 Å². The molecule has 0 fully saturated rings. The molecule has 13 heteroatoms. The third-order valence-corrected chi connectivity index (χ3v) is 9.95. The lowest BCUT2D eigenvalue weighted by molar-refractivity contribution is -0.141. The van der Waals surface area contributed by atoms with Crippen molar-refractivity contribution in [2.45, 2.75) is 82.1 Å². The van der Waals surface area contributed by atoms with Crippen LogP contribution in [0.5, 0.6) is 0 Å². The van der Waals surface area contributed by atoms with Crippen molar-refractivity contribution in [2.24, 2.45) is 0 Å². The summed E-state index contributed by atoms with van der Waals surface area (Å²) in [6, 6.07) is 8.62. The molecule has 2 atom stereocenters. The molecule has 3 N–H and O–H groups in total. The second-order valence-electron chi connectivity index (χ2n) is 10.6. The highest BCUT2D eigenvalue weighted by atomic mass is 32.2. The van der Waals surface area contributed by atoms with Crippen LogP contribution in [0.1, 0.15) is 84.4 Å². The number of aromatic nitrogens is 2. The molecule has 44 heavy (non-hydrogen) atoms. The number of sulfone groups is 1. The van der Waals surface area contributed by atoms with Crippen molar-refractivity contribution in [3.05, 3.63) is 94.7 Å². The number of carbonyl (C=O) groups is 1. The molecule has 2 aromatic carbocycles. The molecule has 241 valence electrons. The number of nitrogens with one attached hydrogen (secondary N) is 3. The molecule has 0 saturated heterocycles. The van der Waals surface area contributed by atoms with E-state index in [4.69, 9.17) is 0 Å². The number of alkyl halides is 3. The van der Waals surface area contributed by atoms with Gasteiger partial charge in [0.1, 0.15) is 16.9 Å². The summed E-state index contributed by atoms with van der Waals surface area (Å²) in [4.78, 5) is 13.3. The van der Waals surface area contributed by atoms with E-state index in [1.165, 1.54) is 6.42 Å². The highest BCUT2D eigenvalue weighted by molar-refractivity contribution is 7.92. The number of H-pyrrole nitrogens is 1. The Morgan fingerprint density at radius 2 is 1.64 bits per heavy atom. The quantitative estimate of drug-likeness (QED) is 0.123. The number of rotatable bonds is 16. The van der Waals surface area contributed by atoms with E-state index in [2.05, 4.69) is 15.7 Å². The van der Waals surface area contributed by atoms with Gasteiger partial charge in [-0.3, -0.25) is 9.89 Å². The van der Waals surface area contributed by atoms with Gasteiger partial charge in [-0.25, -0.2) is 17.2 Å². The van der Waals surface area contributed by atoms with Crippen LogP contribution in [-0.4, -0.2) is 42.4 Å². The predicted octanol–water partition coefficient (Wildman–Crippen LogP) is 6.49.